The van der Waals surface area contributed by atoms with E-state index >= 15 is 0 Å². The highest BCUT2D eigenvalue weighted by molar-refractivity contribution is 7.92. The summed E-state index contributed by atoms with van der Waals surface area (Å²) in [5, 5.41) is 18.1. The van der Waals surface area contributed by atoms with Crippen molar-refractivity contribution in [2.75, 3.05) is 17.7 Å². The molecule has 0 aliphatic rings. The second-order valence-electron chi connectivity index (χ2n) is 8.23. The molecule has 1 aromatic heterocycles. The first-order valence-corrected chi connectivity index (χ1v) is 12.9. The average Bonchev–Trinajstić information content (AvgIpc) is 2.87. The number of carboxylic acid groups (broad SMARTS) is 1. The van der Waals surface area contributed by atoms with E-state index in [1.165, 1.54) is 31.4 Å². The zero-order valence-corrected chi connectivity index (χ0v) is 20.7. The van der Waals surface area contributed by atoms with Crippen LogP contribution in [0, 0.1) is 5.82 Å². The zero-order valence-electron chi connectivity index (χ0n) is 19.9. The molecule has 0 aliphatic carbocycles. The summed E-state index contributed by atoms with van der Waals surface area (Å²) in [5.41, 5.74) is 1.15. The molecule has 0 spiro atoms. The molecule has 3 aromatic carbocycles. The van der Waals surface area contributed by atoms with Gasteiger partial charge in [0.25, 0.3) is 5.56 Å². The zero-order chi connectivity index (χ0) is 26.7. The van der Waals surface area contributed by atoms with Crippen molar-refractivity contribution in [3.05, 3.63) is 82.9 Å². The Bertz CT molecular complexity index is 1620. The minimum Gasteiger partial charge on any atom is -0.494 e. The number of hydrogen-bond donors (Lipinski definition) is 1. The molecule has 1 unspecified atom stereocenters. The van der Waals surface area contributed by atoms with Gasteiger partial charge in [0.1, 0.15) is 11.6 Å². The summed E-state index contributed by atoms with van der Waals surface area (Å²) >= 11 is 0. The number of anilines is 1. The number of aryl methyl sites for hydroxylation is 1. The van der Waals surface area contributed by atoms with Crippen molar-refractivity contribution in [2.45, 2.75) is 19.0 Å². The van der Waals surface area contributed by atoms with Crippen LogP contribution in [0.1, 0.15) is 6.42 Å². The highest BCUT2D eigenvalue weighted by Gasteiger charge is 2.33. The van der Waals surface area contributed by atoms with Crippen LogP contribution in [0.4, 0.5) is 10.1 Å². The third-order valence-corrected chi connectivity index (χ3v) is 6.96. The molecule has 0 amide bonds. The predicted molar refractivity (Wildman–Crippen MR) is 136 cm³/mol. The Hall–Kier alpha value is -4.32. The summed E-state index contributed by atoms with van der Waals surface area (Å²) in [6.07, 6.45) is 0.651. The van der Waals surface area contributed by atoms with E-state index in [0.717, 1.165) is 15.2 Å². The molecule has 37 heavy (non-hydrogen) atoms. The van der Waals surface area contributed by atoms with E-state index in [4.69, 9.17) is 4.74 Å². The summed E-state index contributed by atoms with van der Waals surface area (Å²) < 4.78 is 46.3. The minimum atomic E-state index is -4.05. The van der Waals surface area contributed by atoms with Gasteiger partial charge in [0, 0.05) is 6.54 Å². The van der Waals surface area contributed by atoms with Crippen LogP contribution >= 0.6 is 0 Å². The van der Waals surface area contributed by atoms with Crippen molar-refractivity contribution >= 4 is 32.6 Å². The van der Waals surface area contributed by atoms with Crippen molar-refractivity contribution in [3.8, 4) is 16.9 Å². The number of aliphatic carboxylic acids is 1. The van der Waals surface area contributed by atoms with Crippen LogP contribution in [0.25, 0.3) is 22.0 Å². The molecule has 1 heterocycles. The standard InChI is InChI=1S/C25H23FN4O6S/c1-36-23-12-9-17(15-20(23)26)16-7-10-18(11-8-16)30(37(2,34)35)22(25(32)33)13-14-29-24(31)19-5-3-4-6-21(19)27-28-29/h3-12,15,22H,13-14H2,1-2H3,(H,32,33). The normalized spacial score (nSPS) is 12.3. The fourth-order valence-electron chi connectivity index (χ4n) is 4.00. The number of carboxylic acids is 1. The fourth-order valence-corrected chi connectivity index (χ4v) is 5.17. The monoisotopic (exact) mass is 526 g/mol. The van der Waals surface area contributed by atoms with Gasteiger partial charge in [-0.1, -0.05) is 35.5 Å². The van der Waals surface area contributed by atoms with E-state index in [9.17, 15) is 27.5 Å². The summed E-state index contributed by atoms with van der Waals surface area (Å²) in [5.74, 6) is -1.86. The van der Waals surface area contributed by atoms with E-state index in [1.807, 2.05) is 0 Å². The van der Waals surface area contributed by atoms with Crippen molar-refractivity contribution < 1.29 is 27.4 Å². The Kier molecular flexibility index (Phi) is 7.21. The third-order valence-electron chi connectivity index (χ3n) is 5.78. The molecule has 0 radical (unpaired) electrons. The topological polar surface area (TPSA) is 132 Å². The summed E-state index contributed by atoms with van der Waals surface area (Å²) in [7, 11) is -2.70. The number of nitrogens with zero attached hydrogens (tertiary/aromatic N) is 4. The summed E-state index contributed by atoms with van der Waals surface area (Å²) in [4.78, 5) is 24.9. The number of methoxy groups -OCH3 is 1. The number of benzene rings is 3. The first-order chi connectivity index (χ1) is 17.6. The van der Waals surface area contributed by atoms with Crippen molar-refractivity contribution in [2.24, 2.45) is 0 Å². The van der Waals surface area contributed by atoms with E-state index in [0.29, 0.717) is 22.0 Å². The van der Waals surface area contributed by atoms with Gasteiger partial charge in [-0.2, -0.15) is 0 Å². The van der Waals surface area contributed by atoms with Crippen LogP contribution in [0.15, 0.2) is 71.5 Å². The third kappa shape index (κ3) is 5.43. The molecule has 12 heteroatoms. The molecule has 10 nitrogen and oxygen atoms in total. The number of aromatic nitrogens is 3. The number of ether oxygens (including phenoxy) is 1. The molecule has 1 atom stereocenters. The van der Waals surface area contributed by atoms with Gasteiger partial charge in [0.2, 0.25) is 10.0 Å². The number of halogens is 1. The molecular formula is C25H23FN4O6S. The Balaban J connectivity index is 1.64. The molecule has 1 N–H and O–H groups in total. The summed E-state index contributed by atoms with van der Waals surface area (Å²) in [6.45, 7) is -0.178. The number of carbonyl (C=O) groups is 1. The molecule has 4 rings (SSSR count). The van der Waals surface area contributed by atoms with Gasteiger partial charge in [0.05, 0.1) is 24.4 Å². The van der Waals surface area contributed by atoms with E-state index in [-0.39, 0.29) is 24.4 Å². The maximum atomic E-state index is 14.1. The Morgan fingerprint density at radius 3 is 2.41 bits per heavy atom. The van der Waals surface area contributed by atoms with Crippen LogP contribution < -0.4 is 14.6 Å². The lowest BCUT2D eigenvalue weighted by Crippen LogP contribution is -2.46. The van der Waals surface area contributed by atoms with Gasteiger partial charge in [-0.15, -0.1) is 5.10 Å². The van der Waals surface area contributed by atoms with Crippen LogP contribution in [0.2, 0.25) is 0 Å². The van der Waals surface area contributed by atoms with Crippen molar-refractivity contribution in [1.29, 1.82) is 0 Å². The van der Waals surface area contributed by atoms with Crippen molar-refractivity contribution in [1.82, 2.24) is 15.0 Å². The fraction of sp³-hybridized carbons (Fsp3) is 0.200. The SMILES string of the molecule is COc1ccc(-c2ccc(N(C(CCn3nnc4ccccc4c3=O)C(=O)O)S(C)(=O)=O)cc2)cc1F. The van der Waals surface area contributed by atoms with Gasteiger partial charge in [0.15, 0.2) is 11.6 Å². The maximum absolute atomic E-state index is 14.1. The minimum absolute atomic E-state index is 0.0862. The number of rotatable bonds is 9. The maximum Gasteiger partial charge on any atom is 0.327 e. The second-order valence-corrected chi connectivity index (χ2v) is 10.1. The Morgan fingerprint density at radius 1 is 1.11 bits per heavy atom. The molecule has 0 saturated carbocycles. The number of hydrogen-bond acceptors (Lipinski definition) is 7. The predicted octanol–water partition coefficient (Wildman–Crippen LogP) is 2.92. The van der Waals surface area contributed by atoms with Gasteiger partial charge >= 0.3 is 5.97 Å². The highest BCUT2D eigenvalue weighted by Crippen LogP contribution is 2.29. The van der Waals surface area contributed by atoms with Crippen LogP contribution in [-0.2, 0) is 21.4 Å². The summed E-state index contributed by atoms with van der Waals surface area (Å²) in [6, 6.07) is 15.5. The largest absolute Gasteiger partial charge is 0.494 e. The van der Waals surface area contributed by atoms with Gasteiger partial charge in [-0.3, -0.25) is 9.10 Å². The lowest BCUT2D eigenvalue weighted by Gasteiger charge is -2.29. The molecule has 0 bridgehead atoms. The second kappa shape index (κ2) is 10.3. The lowest BCUT2D eigenvalue weighted by atomic mass is 10.0. The van der Waals surface area contributed by atoms with E-state index in [2.05, 4.69) is 10.3 Å². The highest BCUT2D eigenvalue weighted by atomic mass is 32.2. The van der Waals surface area contributed by atoms with Crippen LogP contribution in [-0.4, -0.2) is 53.9 Å². The lowest BCUT2D eigenvalue weighted by molar-refractivity contribution is -0.138. The van der Waals surface area contributed by atoms with Gasteiger partial charge in [-0.25, -0.2) is 22.3 Å². The number of fused-ring (bicyclic) bond motifs is 1. The van der Waals surface area contributed by atoms with Gasteiger partial charge in [-0.05, 0) is 53.9 Å². The van der Waals surface area contributed by atoms with E-state index in [1.54, 1.807) is 42.5 Å². The molecule has 192 valence electrons. The molecule has 0 aliphatic heterocycles. The van der Waals surface area contributed by atoms with Gasteiger partial charge < -0.3 is 9.84 Å². The smallest absolute Gasteiger partial charge is 0.327 e. The number of sulfonamides is 1. The molecule has 0 saturated heterocycles. The Labute approximate surface area is 211 Å². The van der Waals surface area contributed by atoms with Crippen LogP contribution in [0.5, 0.6) is 5.75 Å². The Morgan fingerprint density at radius 2 is 1.78 bits per heavy atom. The molecule has 0 fully saturated rings. The molecule has 4 aromatic rings. The average molecular weight is 527 g/mol. The first kappa shape index (κ1) is 25.8. The molecular weight excluding hydrogens is 503 g/mol. The van der Waals surface area contributed by atoms with Crippen molar-refractivity contribution in [3.63, 3.8) is 0 Å². The van der Waals surface area contributed by atoms with E-state index < -0.39 is 33.4 Å². The van der Waals surface area contributed by atoms with Crippen LogP contribution in [0.3, 0.4) is 0 Å². The quantitative estimate of drug-likeness (QED) is 0.352. The first-order valence-electron chi connectivity index (χ1n) is 11.1.